The molecule has 0 saturated heterocycles. The lowest BCUT2D eigenvalue weighted by atomic mass is 10.2. The van der Waals surface area contributed by atoms with Gasteiger partial charge in [-0.1, -0.05) is 13.0 Å². The molecule has 1 N–H and O–H groups in total. The first-order valence-corrected chi connectivity index (χ1v) is 5.99. The lowest BCUT2D eigenvalue weighted by Gasteiger charge is -2.08. The van der Waals surface area contributed by atoms with Gasteiger partial charge in [-0.25, -0.2) is 4.98 Å². The largest absolute Gasteiger partial charge is 0.333 e. The number of aryl methyl sites for hydroxylation is 2. The van der Waals surface area contributed by atoms with Crippen molar-refractivity contribution in [1.29, 1.82) is 0 Å². The van der Waals surface area contributed by atoms with Crippen molar-refractivity contribution in [3.63, 3.8) is 0 Å². The Bertz CT molecular complexity index is 436. The first-order valence-electron chi connectivity index (χ1n) is 5.99. The molecule has 17 heavy (non-hydrogen) atoms. The van der Waals surface area contributed by atoms with Crippen molar-refractivity contribution in [2.75, 3.05) is 6.54 Å². The van der Waals surface area contributed by atoms with Gasteiger partial charge >= 0.3 is 0 Å². The number of pyridine rings is 1. The van der Waals surface area contributed by atoms with E-state index in [4.69, 9.17) is 0 Å². The van der Waals surface area contributed by atoms with Crippen LogP contribution in [0.5, 0.6) is 0 Å². The number of aromatic nitrogens is 3. The van der Waals surface area contributed by atoms with Crippen molar-refractivity contribution in [3.8, 4) is 0 Å². The molecule has 0 radical (unpaired) electrons. The minimum atomic E-state index is 0.874. The molecule has 0 bridgehead atoms. The molecular weight excluding hydrogens is 212 g/mol. The molecular formula is C13H18N4. The van der Waals surface area contributed by atoms with Crippen molar-refractivity contribution in [3.05, 3.63) is 48.3 Å². The summed E-state index contributed by atoms with van der Waals surface area (Å²) in [5, 5.41) is 3.31. The summed E-state index contributed by atoms with van der Waals surface area (Å²) in [6.07, 6.45) is 6.58. The lowest BCUT2D eigenvalue weighted by Crippen LogP contribution is -2.15. The Labute approximate surface area is 102 Å². The summed E-state index contributed by atoms with van der Waals surface area (Å²) >= 11 is 0. The number of hydrogen-bond donors (Lipinski definition) is 1. The second-order valence-electron chi connectivity index (χ2n) is 3.93. The van der Waals surface area contributed by atoms with Crippen molar-refractivity contribution in [2.45, 2.75) is 26.4 Å². The predicted molar refractivity (Wildman–Crippen MR) is 67.5 cm³/mol. The Hall–Kier alpha value is -1.68. The summed E-state index contributed by atoms with van der Waals surface area (Å²) in [5.74, 6) is 0. The SMILES string of the molecule is CCNCc1cncn1CCc1ccccn1. The monoisotopic (exact) mass is 230 g/mol. The van der Waals surface area contributed by atoms with Gasteiger partial charge in [-0.2, -0.15) is 0 Å². The van der Waals surface area contributed by atoms with E-state index in [9.17, 15) is 0 Å². The van der Waals surface area contributed by atoms with Crippen molar-refractivity contribution in [1.82, 2.24) is 19.9 Å². The van der Waals surface area contributed by atoms with Crippen molar-refractivity contribution in [2.24, 2.45) is 0 Å². The van der Waals surface area contributed by atoms with Gasteiger partial charge in [0, 0.05) is 37.6 Å². The van der Waals surface area contributed by atoms with Crippen molar-refractivity contribution >= 4 is 0 Å². The highest BCUT2D eigenvalue weighted by Crippen LogP contribution is 2.02. The van der Waals surface area contributed by atoms with Gasteiger partial charge in [0.05, 0.1) is 12.0 Å². The fourth-order valence-electron chi connectivity index (χ4n) is 1.73. The average Bonchev–Trinajstić information content (AvgIpc) is 2.82. The van der Waals surface area contributed by atoms with Crippen LogP contribution in [0, 0.1) is 0 Å². The van der Waals surface area contributed by atoms with E-state index >= 15 is 0 Å². The van der Waals surface area contributed by atoms with E-state index in [1.165, 1.54) is 5.69 Å². The summed E-state index contributed by atoms with van der Waals surface area (Å²) in [6.45, 7) is 4.89. The fraction of sp³-hybridized carbons (Fsp3) is 0.385. The maximum atomic E-state index is 4.32. The number of hydrogen-bond acceptors (Lipinski definition) is 3. The Balaban J connectivity index is 1.92. The molecule has 2 aromatic heterocycles. The van der Waals surface area contributed by atoms with Gasteiger partial charge in [-0.05, 0) is 18.7 Å². The molecule has 2 heterocycles. The summed E-state index contributed by atoms with van der Waals surface area (Å²) in [4.78, 5) is 8.51. The van der Waals surface area contributed by atoms with Gasteiger partial charge in [0.15, 0.2) is 0 Å². The second kappa shape index (κ2) is 6.15. The Morgan fingerprint density at radius 2 is 2.29 bits per heavy atom. The first kappa shape index (κ1) is 11.8. The van der Waals surface area contributed by atoms with Gasteiger partial charge in [0.2, 0.25) is 0 Å². The number of nitrogens with zero attached hydrogens (tertiary/aromatic N) is 3. The molecule has 0 unspecified atom stereocenters. The van der Waals surface area contributed by atoms with Crippen LogP contribution in [0.25, 0.3) is 0 Å². The minimum absolute atomic E-state index is 0.874. The van der Waals surface area contributed by atoms with E-state index in [0.29, 0.717) is 0 Å². The Kier molecular flexibility index (Phi) is 4.27. The third-order valence-electron chi connectivity index (χ3n) is 2.69. The molecule has 0 aromatic carbocycles. The van der Waals surface area contributed by atoms with E-state index < -0.39 is 0 Å². The first-order chi connectivity index (χ1) is 8.40. The van der Waals surface area contributed by atoms with Crippen LogP contribution in [0.1, 0.15) is 18.3 Å². The third-order valence-corrected chi connectivity index (χ3v) is 2.69. The van der Waals surface area contributed by atoms with Crippen LogP contribution in [0.4, 0.5) is 0 Å². The second-order valence-corrected chi connectivity index (χ2v) is 3.93. The van der Waals surface area contributed by atoms with Crippen LogP contribution >= 0.6 is 0 Å². The average molecular weight is 230 g/mol. The fourth-order valence-corrected chi connectivity index (χ4v) is 1.73. The lowest BCUT2D eigenvalue weighted by molar-refractivity contribution is 0.615. The van der Waals surface area contributed by atoms with Gasteiger partial charge in [0.25, 0.3) is 0 Å². The molecule has 2 aromatic rings. The van der Waals surface area contributed by atoms with E-state index in [2.05, 4.69) is 32.8 Å². The molecule has 2 rings (SSSR count). The predicted octanol–water partition coefficient (Wildman–Crippen LogP) is 1.63. The van der Waals surface area contributed by atoms with Crippen molar-refractivity contribution < 1.29 is 0 Å². The number of imidazole rings is 1. The standard InChI is InChI=1S/C13H18N4/c1-2-14-9-13-10-15-11-17(13)8-6-12-5-3-4-7-16-12/h3-5,7,10-11,14H,2,6,8-9H2,1H3. The van der Waals surface area contributed by atoms with Crippen LogP contribution in [-0.2, 0) is 19.5 Å². The van der Waals surface area contributed by atoms with E-state index in [-0.39, 0.29) is 0 Å². The normalized spacial score (nSPS) is 10.6. The quantitative estimate of drug-likeness (QED) is 0.820. The van der Waals surface area contributed by atoms with Crippen LogP contribution < -0.4 is 5.32 Å². The highest BCUT2D eigenvalue weighted by atomic mass is 15.1. The Morgan fingerprint density at radius 1 is 1.35 bits per heavy atom. The van der Waals surface area contributed by atoms with E-state index in [0.717, 1.165) is 31.7 Å². The molecule has 0 saturated carbocycles. The molecule has 90 valence electrons. The maximum Gasteiger partial charge on any atom is 0.0948 e. The van der Waals surface area contributed by atoms with Crippen LogP contribution in [0.3, 0.4) is 0 Å². The Morgan fingerprint density at radius 3 is 3.06 bits per heavy atom. The zero-order chi connectivity index (χ0) is 11.9. The van der Waals surface area contributed by atoms with Crippen LogP contribution in [0.15, 0.2) is 36.9 Å². The van der Waals surface area contributed by atoms with Gasteiger partial charge < -0.3 is 9.88 Å². The molecule has 0 fully saturated rings. The highest BCUT2D eigenvalue weighted by Gasteiger charge is 2.01. The molecule has 0 atom stereocenters. The molecule has 4 heteroatoms. The molecule has 0 aliphatic heterocycles. The number of rotatable bonds is 6. The molecule has 0 amide bonds. The molecule has 0 aliphatic rings. The van der Waals surface area contributed by atoms with Gasteiger partial charge in [-0.3, -0.25) is 4.98 Å². The van der Waals surface area contributed by atoms with E-state index in [1.807, 2.05) is 30.9 Å². The van der Waals surface area contributed by atoms with Gasteiger partial charge in [0.1, 0.15) is 0 Å². The number of nitrogens with one attached hydrogen (secondary N) is 1. The zero-order valence-electron chi connectivity index (χ0n) is 10.1. The summed E-state index contributed by atoms with van der Waals surface area (Å²) < 4.78 is 2.18. The van der Waals surface area contributed by atoms with Crippen LogP contribution in [0.2, 0.25) is 0 Å². The summed E-state index contributed by atoms with van der Waals surface area (Å²) in [7, 11) is 0. The van der Waals surface area contributed by atoms with Gasteiger partial charge in [-0.15, -0.1) is 0 Å². The third kappa shape index (κ3) is 3.39. The molecule has 0 spiro atoms. The summed E-state index contributed by atoms with van der Waals surface area (Å²) in [5.41, 5.74) is 2.35. The van der Waals surface area contributed by atoms with E-state index in [1.54, 1.807) is 0 Å². The summed E-state index contributed by atoms with van der Waals surface area (Å²) in [6, 6.07) is 6.02. The maximum absolute atomic E-state index is 4.32. The molecule has 0 aliphatic carbocycles. The smallest absolute Gasteiger partial charge is 0.0948 e. The minimum Gasteiger partial charge on any atom is -0.333 e. The topological polar surface area (TPSA) is 42.7 Å². The highest BCUT2D eigenvalue weighted by molar-refractivity contribution is 5.04. The zero-order valence-corrected chi connectivity index (χ0v) is 10.1. The van der Waals surface area contributed by atoms with Crippen LogP contribution in [-0.4, -0.2) is 21.1 Å². The molecule has 4 nitrogen and oxygen atoms in total.